The summed E-state index contributed by atoms with van der Waals surface area (Å²) in [5.74, 6) is -1.13. The highest BCUT2D eigenvalue weighted by Gasteiger charge is 2.13. The molecule has 0 radical (unpaired) electrons. The van der Waals surface area contributed by atoms with Crippen LogP contribution < -0.4 is 10.6 Å². The summed E-state index contributed by atoms with van der Waals surface area (Å²) < 4.78 is 0. The topological polar surface area (TPSA) is 104 Å². The van der Waals surface area contributed by atoms with Crippen LogP contribution in [-0.4, -0.2) is 33.3 Å². The number of aliphatic carboxylic acids is 1. The molecule has 0 fully saturated rings. The fourth-order valence-electron chi connectivity index (χ4n) is 1.73. The molecule has 0 spiro atoms. The van der Waals surface area contributed by atoms with E-state index in [1.165, 1.54) is 11.3 Å². The summed E-state index contributed by atoms with van der Waals surface area (Å²) in [5.41, 5.74) is 0. The molecule has 1 aromatic rings. The lowest BCUT2D eigenvalue weighted by molar-refractivity contribution is -0.141. The molecule has 0 saturated heterocycles. The Bertz CT molecular complexity index is 478. The van der Waals surface area contributed by atoms with E-state index >= 15 is 0 Å². The Labute approximate surface area is 128 Å². The molecule has 0 aliphatic rings. The van der Waals surface area contributed by atoms with Crippen LogP contribution >= 0.6 is 11.3 Å². The number of urea groups is 1. The average molecular weight is 314 g/mol. The van der Waals surface area contributed by atoms with Crippen LogP contribution in [0.5, 0.6) is 0 Å². The van der Waals surface area contributed by atoms with Crippen molar-refractivity contribution in [3.8, 4) is 0 Å². The van der Waals surface area contributed by atoms with Gasteiger partial charge in [-0.05, 0) is 26.2 Å². The van der Waals surface area contributed by atoms with E-state index in [-0.39, 0.29) is 18.0 Å². The first-order chi connectivity index (χ1) is 9.92. The van der Waals surface area contributed by atoms with Gasteiger partial charge in [0.15, 0.2) is 0 Å². The number of hydrogen-bond acceptors (Lipinski definition) is 5. The highest BCUT2D eigenvalue weighted by atomic mass is 32.1. The monoisotopic (exact) mass is 314 g/mol. The quantitative estimate of drug-likeness (QED) is 0.684. The maximum Gasteiger partial charge on any atom is 0.321 e. The molecule has 21 heavy (non-hydrogen) atoms. The number of carbonyl (C=O) groups excluding carboxylic acids is 1. The molecule has 0 aromatic carbocycles. The second kappa shape index (κ2) is 8.56. The van der Waals surface area contributed by atoms with Crippen LogP contribution in [-0.2, 0) is 11.2 Å². The van der Waals surface area contributed by atoms with Crippen molar-refractivity contribution in [1.29, 1.82) is 0 Å². The molecule has 0 aliphatic heterocycles. The van der Waals surface area contributed by atoms with Gasteiger partial charge in [-0.2, -0.15) is 0 Å². The number of aryl methyl sites for hydroxylation is 1. The molecule has 8 heteroatoms. The molecule has 3 N–H and O–H groups in total. The van der Waals surface area contributed by atoms with Crippen molar-refractivity contribution in [2.75, 3.05) is 5.32 Å². The maximum atomic E-state index is 11.7. The lowest BCUT2D eigenvalue weighted by Gasteiger charge is -2.14. The van der Waals surface area contributed by atoms with Crippen molar-refractivity contribution in [3.63, 3.8) is 0 Å². The smallest absolute Gasteiger partial charge is 0.321 e. The minimum atomic E-state index is -0.781. The molecule has 7 nitrogen and oxygen atoms in total. The Balaban J connectivity index is 2.25. The molecule has 0 bridgehead atoms. The van der Waals surface area contributed by atoms with Gasteiger partial charge < -0.3 is 10.4 Å². The molecular weight excluding hydrogens is 292 g/mol. The number of hydrogen-bond donors (Lipinski definition) is 3. The SMILES string of the molecule is CCc1nnc(NC(=O)NC(C)CCCC(C)C(=O)O)s1. The van der Waals surface area contributed by atoms with E-state index < -0.39 is 5.97 Å². The Kier molecular flexibility index (Phi) is 7.07. The number of rotatable bonds is 8. The fraction of sp³-hybridized carbons (Fsp3) is 0.692. The molecule has 2 atom stereocenters. The van der Waals surface area contributed by atoms with Crippen LogP contribution in [0.25, 0.3) is 0 Å². The van der Waals surface area contributed by atoms with Gasteiger partial charge in [0, 0.05) is 6.04 Å². The van der Waals surface area contributed by atoms with Gasteiger partial charge in [0.1, 0.15) is 5.01 Å². The van der Waals surface area contributed by atoms with E-state index in [0.29, 0.717) is 11.6 Å². The molecule has 2 amide bonds. The third-order valence-corrected chi connectivity index (χ3v) is 4.05. The van der Waals surface area contributed by atoms with Crippen molar-refractivity contribution >= 4 is 28.5 Å². The number of carboxylic acids is 1. The summed E-state index contributed by atoms with van der Waals surface area (Å²) in [6.07, 6.45) is 2.90. The summed E-state index contributed by atoms with van der Waals surface area (Å²) in [6, 6.07) is -0.336. The summed E-state index contributed by atoms with van der Waals surface area (Å²) in [7, 11) is 0. The van der Waals surface area contributed by atoms with Crippen molar-refractivity contribution in [1.82, 2.24) is 15.5 Å². The normalized spacial score (nSPS) is 13.5. The average Bonchev–Trinajstić information content (AvgIpc) is 2.85. The van der Waals surface area contributed by atoms with Gasteiger partial charge in [0.25, 0.3) is 0 Å². The van der Waals surface area contributed by atoms with E-state index in [4.69, 9.17) is 5.11 Å². The van der Waals surface area contributed by atoms with E-state index in [2.05, 4.69) is 20.8 Å². The number of nitrogens with zero attached hydrogens (tertiary/aromatic N) is 2. The third kappa shape index (κ3) is 6.52. The number of amides is 2. The molecular formula is C13H22N4O3S. The predicted octanol–water partition coefficient (Wildman–Crippen LogP) is 2.50. The highest BCUT2D eigenvalue weighted by molar-refractivity contribution is 7.15. The van der Waals surface area contributed by atoms with Crippen LogP contribution in [0.15, 0.2) is 0 Å². The van der Waals surface area contributed by atoms with Crippen LogP contribution in [0.4, 0.5) is 9.93 Å². The molecule has 1 heterocycles. The van der Waals surface area contributed by atoms with Gasteiger partial charge in [-0.25, -0.2) is 4.79 Å². The first-order valence-electron chi connectivity index (χ1n) is 7.05. The van der Waals surface area contributed by atoms with Crippen LogP contribution in [0.2, 0.25) is 0 Å². The third-order valence-electron chi connectivity index (χ3n) is 3.06. The summed E-state index contributed by atoms with van der Waals surface area (Å²) in [6.45, 7) is 5.56. The van der Waals surface area contributed by atoms with Gasteiger partial charge in [-0.3, -0.25) is 10.1 Å². The first kappa shape index (κ1) is 17.4. The molecule has 0 saturated carbocycles. The standard InChI is InChI=1S/C13H22N4O3S/c1-4-10-16-17-13(21-10)15-12(20)14-9(3)7-5-6-8(2)11(18)19/h8-9H,4-7H2,1-3H3,(H,18,19)(H2,14,15,17,20). The lowest BCUT2D eigenvalue weighted by atomic mass is 10.0. The minimum absolute atomic E-state index is 0.0236. The van der Waals surface area contributed by atoms with Gasteiger partial charge in [-0.15, -0.1) is 10.2 Å². The van der Waals surface area contributed by atoms with Gasteiger partial charge in [-0.1, -0.05) is 31.6 Å². The van der Waals surface area contributed by atoms with Crippen LogP contribution in [0.1, 0.15) is 45.0 Å². The van der Waals surface area contributed by atoms with Gasteiger partial charge in [0.05, 0.1) is 5.92 Å². The maximum absolute atomic E-state index is 11.7. The van der Waals surface area contributed by atoms with Crippen molar-refractivity contribution < 1.29 is 14.7 Å². The Morgan fingerprint density at radius 3 is 2.57 bits per heavy atom. The first-order valence-corrected chi connectivity index (χ1v) is 7.86. The number of anilines is 1. The van der Waals surface area contributed by atoms with Gasteiger partial charge >= 0.3 is 12.0 Å². The summed E-state index contributed by atoms with van der Waals surface area (Å²) in [4.78, 5) is 22.4. The Morgan fingerprint density at radius 1 is 1.29 bits per heavy atom. The largest absolute Gasteiger partial charge is 0.481 e. The Morgan fingerprint density at radius 2 is 2.00 bits per heavy atom. The van der Waals surface area contributed by atoms with E-state index in [1.807, 2.05) is 13.8 Å². The number of aromatic nitrogens is 2. The van der Waals surface area contributed by atoms with E-state index in [0.717, 1.165) is 24.3 Å². The second-order valence-electron chi connectivity index (χ2n) is 5.02. The highest BCUT2D eigenvalue weighted by Crippen LogP contribution is 2.15. The second-order valence-corrected chi connectivity index (χ2v) is 6.09. The predicted molar refractivity (Wildman–Crippen MR) is 81.6 cm³/mol. The molecule has 0 aliphatic carbocycles. The van der Waals surface area contributed by atoms with Crippen LogP contribution in [0, 0.1) is 5.92 Å². The number of carboxylic acid groups (broad SMARTS) is 1. The zero-order chi connectivity index (χ0) is 15.8. The van der Waals surface area contributed by atoms with E-state index in [1.54, 1.807) is 6.92 Å². The van der Waals surface area contributed by atoms with Crippen LogP contribution in [0.3, 0.4) is 0 Å². The van der Waals surface area contributed by atoms with Crippen molar-refractivity contribution in [2.45, 2.75) is 52.5 Å². The zero-order valence-electron chi connectivity index (χ0n) is 12.5. The molecule has 1 aromatic heterocycles. The fourth-order valence-corrected chi connectivity index (χ4v) is 2.40. The lowest BCUT2D eigenvalue weighted by Crippen LogP contribution is -2.36. The molecule has 1 rings (SSSR count). The Hall–Kier alpha value is -1.70. The number of carbonyl (C=O) groups is 2. The van der Waals surface area contributed by atoms with Crippen molar-refractivity contribution in [3.05, 3.63) is 5.01 Å². The summed E-state index contributed by atoms with van der Waals surface area (Å²) in [5, 5.41) is 23.4. The minimum Gasteiger partial charge on any atom is -0.481 e. The molecule has 2 unspecified atom stereocenters. The van der Waals surface area contributed by atoms with E-state index in [9.17, 15) is 9.59 Å². The van der Waals surface area contributed by atoms with Crippen molar-refractivity contribution in [2.24, 2.45) is 5.92 Å². The van der Waals surface area contributed by atoms with Gasteiger partial charge in [0.2, 0.25) is 5.13 Å². The number of nitrogens with one attached hydrogen (secondary N) is 2. The molecule has 118 valence electrons. The summed E-state index contributed by atoms with van der Waals surface area (Å²) >= 11 is 1.35. The zero-order valence-corrected chi connectivity index (χ0v) is 13.4.